The number of imide groups is 1. The molecule has 0 bridgehead atoms. The van der Waals surface area contributed by atoms with Crippen LogP contribution in [-0.4, -0.2) is 54.0 Å². The summed E-state index contributed by atoms with van der Waals surface area (Å²) in [5.74, 6) is -1.85. The zero-order valence-corrected chi connectivity index (χ0v) is 17.7. The van der Waals surface area contributed by atoms with Crippen molar-refractivity contribution in [1.82, 2.24) is 4.90 Å². The highest BCUT2D eigenvalue weighted by Gasteiger charge is 2.38. The van der Waals surface area contributed by atoms with Gasteiger partial charge in [-0.25, -0.2) is 0 Å². The molecule has 0 N–H and O–H groups in total. The molecule has 154 valence electrons. The minimum atomic E-state index is -0.866. The third-order valence-corrected chi connectivity index (χ3v) is 6.45. The Hall–Kier alpha value is -2.55. The van der Waals surface area contributed by atoms with Crippen LogP contribution in [0.3, 0.4) is 0 Å². The number of nitrogens with zero attached hydrogens (tertiary/aromatic N) is 2. The second kappa shape index (κ2) is 8.29. The molecule has 0 saturated carbocycles. The molecule has 2 aliphatic heterocycles. The molecule has 10 heteroatoms. The van der Waals surface area contributed by atoms with Gasteiger partial charge in [0.25, 0.3) is 17.7 Å². The number of anilines is 1. The Bertz CT molecular complexity index is 1050. The van der Waals surface area contributed by atoms with Gasteiger partial charge in [0.05, 0.1) is 26.9 Å². The SMILES string of the molecule is O=C(CN1C(=O)c2cc(Cl)c(Cl)cc2C1=O)OCC(=O)N1CCSc2ccccc21. The summed E-state index contributed by atoms with van der Waals surface area (Å²) in [4.78, 5) is 52.9. The van der Waals surface area contributed by atoms with Gasteiger partial charge in [-0.2, -0.15) is 0 Å². The van der Waals surface area contributed by atoms with E-state index in [0.717, 1.165) is 21.2 Å². The van der Waals surface area contributed by atoms with E-state index in [2.05, 4.69) is 0 Å². The number of fused-ring (bicyclic) bond motifs is 2. The van der Waals surface area contributed by atoms with Crippen molar-refractivity contribution >= 4 is 64.3 Å². The van der Waals surface area contributed by atoms with Crippen LogP contribution in [0.15, 0.2) is 41.3 Å². The van der Waals surface area contributed by atoms with Gasteiger partial charge in [0.1, 0.15) is 6.54 Å². The zero-order valence-electron chi connectivity index (χ0n) is 15.4. The van der Waals surface area contributed by atoms with Crippen LogP contribution in [0.1, 0.15) is 20.7 Å². The summed E-state index contributed by atoms with van der Waals surface area (Å²) in [5, 5.41) is 0.262. The van der Waals surface area contributed by atoms with Gasteiger partial charge in [-0.15, -0.1) is 11.8 Å². The molecule has 0 aliphatic carbocycles. The number of rotatable bonds is 4. The highest BCUT2D eigenvalue weighted by molar-refractivity contribution is 7.99. The van der Waals surface area contributed by atoms with Crippen molar-refractivity contribution in [3.8, 4) is 0 Å². The van der Waals surface area contributed by atoms with E-state index in [9.17, 15) is 19.2 Å². The number of carbonyl (C=O) groups excluding carboxylic acids is 4. The van der Waals surface area contributed by atoms with Crippen LogP contribution < -0.4 is 4.90 Å². The number of halogens is 2. The molecule has 0 atom stereocenters. The fourth-order valence-electron chi connectivity index (χ4n) is 3.25. The highest BCUT2D eigenvalue weighted by atomic mass is 35.5. The van der Waals surface area contributed by atoms with Crippen LogP contribution in [0.2, 0.25) is 10.0 Å². The molecular formula is C20H14Cl2N2O5S. The molecule has 0 saturated heterocycles. The molecule has 2 aromatic carbocycles. The Balaban J connectivity index is 1.39. The van der Waals surface area contributed by atoms with E-state index in [0.29, 0.717) is 6.54 Å². The van der Waals surface area contributed by atoms with Crippen LogP contribution in [0, 0.1) is 0 Å². The Morgan fingerprint density at radius 1 is 1.03 bits per heavy atom. The lowest BCUT2D eigenvalue weighted by atomic mass is 10.1. The van der Waals surface area contributed by atoms with E-state index in [4.69, 9.17) is 27.9 Å². The van der Waals surface area contributed by atoms with Gasteiger partial charge in [0.15, 0.2) is 6.61 Å². The summed E-state index contributed by atoms with van der Waals surface area (Å²) in [7, 11) is 0. The zero-order chi connectivity index (χ0) is 21.4. The molecule has 7 nitrogen and oxygen atoms in total. The molecule has 4 rings (SSSR count). The Morgan fingerprint density at radius 2 is 1.67 bits per heavy atom. The molecule has 0 unspecified atom stereocenters. The smallest absolute Gasteiger partial charge is 0.326 e. The number of ether oxygens (including phenoxy) is 1. The average Bonchev–Trinajstić information content (AvgIpc) is 2.96. The van der Waals surface area contributed by atoms with Gasteiger partial charge < -0.3 is 9.64 Å². The number of amides is 3. The van der Waals surface area contributed by atoms with E-state index in [1.165, 1.54) is 12.1 Å². The van der Waals surface area contributed by atoms with Crippen molar-refractivity contribution in [2.75, 3.05) is 30.3 Å². The van der Waals surface area contributed by atoms with Crippen molar-refractivity contribution in [1.29, 1.82) is 0 Å². The first-order valence-electron chi connectivity index (χ1n) is 8.90. The minimum Gasteiger partial charge on any atom is -0.454 e. The maximum atomic E-state index is 12.5. The largest absolute Gasteiger partial charge is 0.454 e. The molecule has 2 aliphatic rings. The quantitative estimate of drug-likeness (QED) is 0.509. The normalized spacial score (nSPS) is 15.1. The first-order valence-corrected chi connectivity index (χ1v) is 10.6. The van der Waals surface area contributed by atoms with Gasteiger partial charge in [-0.3, -0.25) is 24.1 Å². The molecule has 30 heavy (non-hydrogen) atoms. The van der Waals surface area contributed by atoms with Gasteiger partial charge >= 0.3 is 5.97 Å². The first-order chi connectivity index (χ1) is 14.4. The highest BCUT2D eigenvalue weighted by Crippen LogP contribution is 2.34. The van der Waals surface area contributed by atoms with Crippen LogP contribution in [0.25, 0.3) is 0 Å². The van der Waals surface area contributed by atoms with E-state index in [-0.39, 0.29) is 27.1 Å². The molecule has 0 radical (unpaired) electrons. The number of hydrogen-bond acceptors (Lipinski definition) is 6. The van der Waals surface area contributed by atoms with E-state index in [1.807, 2.05) is 24.3 Å². The van der Waals surface area contributed by atoms with Gasteiger partial charge in [0, 0.05) is 17.2 Å². The number of benzene rings is 2. The fourth-order valence-corrected chi connectivity index (χ4v) is 4.57. The summed E-state index contributed by atoms with van der Waals surface area (Å²) in [6.45, 7) is -0.599. The van der Waals surface area contributed by atoms with Crippen molar-refractivity contribution in [2.45, 2.75) is 4.90 Å². The number of thioether (sulfide) groups is 1. The number of para-hydroxylation sites is 1. The standard InChI is InChI=1S/C20H14Cl2N2O5S/c21-13-7-11-12(8-14(13)22)20(28)24(19(11)27)9-18(26)29-10-17(25)23-5-6-30-16-4-2-1-3-15(16)23/h1-4,7-8H,5-6,9-10H2. The number of carbonyl (C=O) groups is 4. The number of esters is 1. The third-order valence-electron chi connectivity index (χ3n) is 4.68. The molecule has 3 amide bonds. The minimum absolute atomic E-state index is 0.0701. The first kappa shape index (κ1) is 20.7. The summed E-state index contributed by atoms with van der Waals surface area (Å²) < 4.78 is 5.04. The van der Waals surface area contributed by atoms with Crippen LogP contribution >= 0.6 is 35.0 Å². The molecule has 0 fully saturated rings. The van der Waals surface area contributed by atoms with Crippen molar-refractivity contribution in [3.05, 3.63) is 57.6 Å². The summed E-state index contributed by atoms with van der Waals surface area (Å²) in [6.07, 6.45) is 0. The monoisotopic (exact) mass is 464 g/mol. The average molecular weight is 465 g/mol. The van der Waals surface area contributed by atoms with Crippen LogP contribution in [0.5, 0.6) is 0 Å². The lowest BCUT2D eigenvalue weighted by Crippen LogP contribution is -2.40. The predicted molar refractivity (Wildman–Crippen MR) is 112 cm³/mol. The molecule has 2 heterocycles. The third kappa shape index (κ3) is 3.78. The molecule has 0 spiro atoms. The van der Waals surface area contributed by atoms with Gasteiger partial charge in [-0.05, 0) is 24.3 Å². The lowest BCUT2D eigenvalue weighted by Gasteiger charge is -2.28. The van der Waals surface area contributed by atoms with Crippen molar-refractivity contribution in [3.63, 3.8) is 0 Å². The molecule has 0 aromatic heterocycles. The van der Waals surface area contributed by atoms with E-state index in [1.54, 1.807) is 16.7 Å². The van der Waals surface area contributed by atoms with Crippen LogP contribution in [0.4, 0.5) is 5.69 Å². The van der Waals surface area contributed by atoms with Crippen molar-refractivity contribution in [2.24, 2.45) is 0 Å². The summed E-state index contributed by atoms with van der Waals surface area (Å²) in [6, 6.07) is 10.1. The van der Waals surface area contributed by atoms with Gasteiger partial charge in [-0.1, -0.05) is 35.3 Å². The maximum Gasteiger partial charge on any atom is 0.326 e. The fraction of sp³-hybridized carbons (Fsp3) is 0.200. The molecule has 2 aromatic rings. The van der Waals surface area contributed by atoms with E-state index >= 15 is 0 Å². The Kier molecular flexibility index (Phi) is 5.73. The topological polar surface area (TPSA) is 84.0 Å². The van der Waals surface area contributed by atoms with Crippen molar-refractivity contribution < 1.29 is 23.9 Å². The van der Waals surface area contributed by atoms with Gasteiger partial charge in [0.2, 0.25) is 0 Å². The second-order valence-corrected chi connectivity index (χ2v) is 8.48. The summed E-state index contributed by atoms with van der Waals surface area (Å²) in [5.41, 5.74) is 0.908. The maximum absolute atomic E-state index is 12.5. The van der Waals surface area contributed by atoms with E-state index < -0.39 is 30.9 Å². The Morgan fingerprint density at radius 3 is 2.33 bits per heavy atom. The Labute approximate surface area is 185 Å². The molecular weight excluding hydrogens is 451 g/mol. The second-order valence-electron chi connectivity index (χ2n) is 6.53. The summed E-state index contributed by atoms with van der Waals surface area (Å²) >= 11 is 13.5. The lowest BCUT2D eigenvalue weighted by molar-refractivity contribution is -0.148. The number of hydrogen-bond donors (Lipinski definition) is 0. The predicted octanol–water partition coefficient (Wildman–Crippen LogP) is 3.27. The van der Waals surface area contributed by atoms with Crippen LogP contribution in [-0.2, 0) is 14.3 Å².